The molecule has 1 aromatic heterocycles. The van der Waals surface area contributed by atoms with Gasteiger partial charge in [-0.05, 0) is 38.8 Å². The molecule has 1 aromatic rings. The van der Waals surface area contributed by atoms with Gasteiger partial charge in [-0.1, -0.05) is 20.8 Å². The van der Waals surface area contributed by atoms with Gasteiger partial charge in [0.25, 0.3) is 0 Å². The molecule has 1 unspecified atom stereocenters. The summed E-state index contributed by atoms with van der Waals surface area (Å²) in [5.41, 5.74) is -0.734. The second-order valence-corrected chi connectivity index (χ2v) is 5.93. The maximum Gasteiger partial charge on any atom is 0.138 e. The number of aliphatic hydroxyl groups is 1. The highest BCUT2D eigenvalue weighted by atomic mass is 16.3. The van der Waals surface area contributed by atoms with Crippen LogP contribution in [0.2, 0.25) is 0 Å². The van der Waals surface area contributed by atoms with E-state index in [0.29, 0.717) is 12.3 Å². The van der Waals surface area contributed by atoms with Gasteiger partial charge in [-0.3, -0.25) is 0 Å². The molecule has 1 atom stereocenters. The van der Waals surface area contributed by atoms with Crippen LogP contribution < -0.4 is 5.32 Å². The van der Waals surface area contributed by atoms with Gasteiger partial charge in [0.15, 0.2) is 0 Å². The third-order valence-corrected chi connectivity index (χ3v) is 3.04. The predicted octanol–water partition coefficient (Wildman–Crippen LogP) is 1.62. The summed E-state index contributed by atoms with van der Waals surface area (Å²) in [6.07, 6.45) is 3.96. The zero-order valence-electron chi connectivity index (χ0n) is 12.7. The van der Waals surface area contributed by atoms with Crippen molar-refractivity contribution in [2.45, 2.75) is 59.1 Å². The molecule has 0 bridgehead atoms. The van der Waals surface area contributed by atoms with Crippen molar-refractivity contribution in [2.75, 3.05) is 13.1 Å². The first kappa shape index (κ1) is 16.1. The minimum atomic E-state index is -0.734. The Labute approximate surface area is 116 Å². The van der Waals surface area contributed by atoms with Crippen molar-refractivity contribution in [3.8, 4) is 0 Å². The summed E-state index contributed by atoms with van der Waals surface area (Å²) in [6.45, 7) is 11.0. The molecule has 0 radical (unpaired) electrons. The maximum absolute atomic E-state index is 10.4. The number of nitrogens with one attached hydrogen (secondary N) is 1. The number of aromatic nitrogens is 3. The number of nitrogens with zero attached hydrogens (tertiary/aromatic N) is 3. The van der Waals surface area contributed by atoms with Crippen LogP contribution in [0.4, 0.5) is 0 Å². The molecule has 1 heterocycles. The molecule has 19 heavy (non-hydrogen) atoms. The van der Waals surface area contributed by atoms with Crippen molar-refractivity contribution in [2.24, 2.45) is 5.92 Å². The van der Waals surface area contributed by atoms with Crippen LogP contribution in [0.1, 0.15) is 46.4 Å². The Hall–Kier alpha value is -0.940. The van der Waals surface area contributed by atoms with Gasteiger partial charge in [0.1, 0.15) is 12.2 Å². The molecule has 0 saturated carbocycles. The van der Waals surface area contributed by atoms with Crippen LogP contribution in [0.25, 0.3) is 0 Å². The van der Waals surface area contributed by atoms with Crippen LogP contribution in [-0.4, -0.2) is 38.6 Å². The minimum Gasteiger partial charge on any atom is -0.390 e. The molecule has 0 aliphatic carbocycles. The second kappa shape index (κ2) is 7.60. The van der Waals surface area contributed by atoms with E-state index in [2.05, 4.69) is 36.2 Å². The van der Waals surface area contributed by atoms with Gasteiger partial charge in [-0.15, -0.1) is 0 Å². The Morgan fingerprint density at radius 3 is 2.79 bits per heavy atom. The Morgan fingerprint density at radius 2 is 2.16 bits per heavy atom. The fraction of sp³-hybridized carbons (Fsp3) is 0.857. The number of rotatable bonds is 9. The third kappa shape index (κ3) is 6.16. The van der Waals surface area contributed by atoms with Crippen molar-refractivity contribution in [3.05, 3.63) is 12.2 Å². The van der Waals surface area contributed by atoms with E-state index in [9.17, 15) is 5.11 Å². The SMILES string of the molecule is CCCNCCC(C)(O)Cc1ncnn1CC(C)C. The van der Waals surface area contributed by atoms with E-state index in [4.69, 9.17) is 0 Å². The van der Waals surface area contributed by atoms with Crippen molar-refractivity contribution in [1.82, 2.24) is 20.1 Å². The lowest BCUT2D eigenvalue weighted by Crippen LogP contribution is -2.33. The van der Waals surface area contributed by atoms with E-state index < -0.39 is 5.60 Å². The highest BCUT2D eigenvalue weighted by Gasteiger charge is 2.23. The van der Waals surface area contributed by atoms with Gasteiger partial charge in [-0.2, -0.15) is 5.10 Å². The zero-order chi connectivity index (χ0) is 14.3. The quantitative estimate of drug-likeness (QED) is 0.668. The highest BCUT2D eigenvalue weighted by Crippen LogP contribution is 2.15. The largest absolute Gasteiger partial charge is 0.390 e. The average molecular weight is 268 g/mol. The Kier molecular flexibility index (Phi) is 6.45. The molecule has 0 spiro atoms. The molecule has 0 saturated heterocycles. The normalized spacial score (nSPS) is 14.8. The maximum atomic E-state index is 10.4. The van der Waals surface area contributed by atoms with Gasteiger partial charge < -0.3 is 10.4 Å². The molecule has 0 aromatic carbocycles. The van der Waals surface area contributed by atoms with Crippen LogP contribution in [0.3, 0.4) is 0 Å². The lowest BCUT2D eigenvalue weighted by Gasteiger charge is -2.23. The van der Waals surface area contributed by atoms with E-state index in [1.807, 2.05) is 11.6 Å². The molecule has 110 valence electrons. The lowest BCUT2D eigenvalue weighted by molar-refractivity contribution is 0.0482. The smallest absolute Gasteiger partial charge is 0.138 e. The van der Waals surface area contributed by atoms with Crippen molar-refractivity contribution in [1.29, 1.82) is 0 Å². The summed E-state index contributed by atoms with van der Waals surface area (Å²) < 4.78 is 1.90. The lowest BCUT2D eigenvalue weighted by atomic mass is 9.97. The Bertz CT molecular complexity index is 360. The monoisotopic (exact) mass is 268 g/mol. The first-order valence-electron chi connectivity index (χ1n) is 7.24. The van der Waals surface area contributed by atoms with E-state index in [0.717, 1.165) is 38.3 Å². The van der Waals surface area contributed by atoms with E-state index in [1.54, 1.807) is 6.33 Å². The number of hydrogen-bond acceptors (Lipinski definition) is 4. The molecule has 0 amide bonds. The first-order valence-corrected chi connectivity index (χ1v) is 7.24. The molecular formula is C14H28N4O. The van der Waals surface area contributed by atoms with Gasteiger partial charge in [-0.25, -0.2) is 9.67 Å². The van der Waals surface area contributed by atoms with E-state index >= 15 is 0 Å². The molecule has 1 rings (SSSR count). The molecule has 0 fully saturated rings. The van der Waals surface area contributed by atoms with Gasteiger partial charge in [0.2, 0.25) is 0 Å². The zero-order valence-corrected chi connectivity index (χ0v) is 12.7. The van der Waals surface area contributed by atoms with Gasteiger partial charge >= 0.3 is 0 Å². The minimum absolute atomic E-state index is 0.525. The molecule has 0 aliphatic heterocycles. The summed E-state index contributed by atoms with van der Waals surface area (Å²) >= 11 is 0. The predicted molar refractivity (Wildman–Crippen MR) is 77.0 cm³/mol. The Morgan fingerprint density at radius 1 is 1.42 bits per heavy atom. The van der Waals surface area contributed by atoms with Crippen LogP contribution >= 0.6 is 0 Å². The molecular weight excluding hydrogens is 240 g/mol. The summed E-state index contributed by atoms with van der Waals surface area (Å²) in [5.74, 6) is 1.39. The van der Waals surface area contributed by atoms with Crippen LogP contribution in [0.5, 0.6) is 0 Å². The van der Waals surface area contributed by atoms with Gasteiger partial charge in [0, 0.05) is 13.0 Å². The van der Waals surface area contributed by atoms with Crippen molar-refractivity contribution >= 4 is 0 Å². The summed E-state index contributed by atoms with van der Waals surface area (Å²) in [4.78, 5) is 4.27. The van der Waals surface area contributed by atoms with E-state index in [-0.39, 0.29) is 0 Å². The molecule has 5 nitrogen and oxygen atoms in total. The van der Waals surface area contributed by atoms with Crippen molar-refractivity contribution in [3.63, 3.8) is 0 Å². The summed E-state index contributed by atoms with van der Waals surface area (Å²) in [5, 5.41) is 18.0. The van der Waals surface area contributed by atoms with Crippen LogP contribution in [0, 0.1) is 5.92 Å². The molecule has 2 N–H and O–H groups in total. The number of hydrogen-bond donors (Lipinski definition) is 2. The summed E-state index contributed by atoms with van der Waals surface area (Å²) in [7, 11) is 0. The Balaban J connectivity index is 2.50. The van der Waals surface area contributed by atoms with Crippen LogP contribution in [0.15, 0.2) is 6.33 Å². The highest BCUT2D eigenvalue weighted by molar-refractivity contribution is 4.93. The van der Waals surface area contributed by atoms with Crippen molar-refractivity contribution < 1.29 is 5.11 Å². The standard InChI is InChI=1S/C14H28N4O/c1-5-7-15-8-6-14(4,19)9-13-16-11-17-18(13)10-12(2)3/h11-12,15,19H,5-10H2,1-4H3. The third-order valence-electron chi connectivity index (χ3n) is 3.04. The molecule has 5 heteroatoms. The van der Waals surface area contributed by atoms with E-state index in [1.165, 1.54) is 0 Å². The fourth-order valence-corrected chi connectivity index (χ4v) is 2.01. The second-order valence-electron chi connectivity index (χ2n) is 5.93. The fourth-order valence-electron chi connectivity index (χ4n) is 2.01. The first-order chi connectivity index (χ1) is 8.94. The van der Waals surface area contributed by atoms with Gasteiger partial charge in [0.05, 0.1) is 5.60 Å². The molecule has 0 aliphatic rings. The van der Waals surface area contributed by atoms with Crippen LogP contribution in [-0.2, 0) is 13.0 Å². The topological polar surface area (TPSA) is 63.0 Å². The average Bonchev–Trinajstić information content (AvgIpc) is 2.70. The summed E-state index contributed by atoms with van der Waals surface area (Å²) in [6, 6.07) is 0.